The van der Waals surface area contributed by atoms with Crippen LogP contribution in [0.15, 0.2) is 131 Å². The molecule has 4 aromatic heterocycles. The van der Waals surface area contributed by atoms with Crippen LogP contribution >= 0.6 is 0 Å². The third-order valence-corrected chi connectivity index (χ3v) is 9.39. The molecular formula is C46H30F6N8O6. The Labute approximate surface area is 368 Å². The first-order chi connectivity index (χ1) is 31.7. The second-order valence-corrected chi connectivity index (χ2v) is 14.0. The van der Waals surface area contributed by atoms with E-state index in [1.807, 2.05) is 0 Å². The molecule has 0 aliphatic heterocycles. The maximum absolute atomic E-state index is 13.6. The van der Waals surface area contributed by atoms with E-state index in [0.717, 1.165) is 33.6 Å². The Hall–Kier alpha value is -8.68. The van der Waals surface area contributed by atoms with Crippen LogP contribution in [-0.2, 0) is 17.8 Å². The number of nitrogens with zero attached hydrogens (tertiary/aromatic N) is 8. The van der Waals surface area contributed by atoms with Crippen LogP contribution in [-0.4, -0.2) is 63.1 Å². The van der Waals surface area contributed by atoms with Crippen molar-refractivity contribution in [2.75, 3.05) is 6.61 Å². The normalized spacial score (nSPS) is 10.8. The Morgan fingerprint density at radius 3 is 1.32 bits per heavy atom. The van der Waals surface area contributed by atoms with Crippen molar-refractivity contribution in [3.63, 3.8) is 0 Å². The van der Waals surface area contributed by atoms with Gasteiger partial charge in [0, 0.05) is 59.2 Å². The number of benzene rings is 4. The number of carbonyl (C=O) groups is 2. The van der Waals surface area contributed by atoms with Crippen molar-refractivity contribution in [3.8, 4) is 45.3 Å². The summed E-state index contributed by atoms with van der Waals surface area (Å²) in [6.45, 7) is 2.01. The molecule has 1 N–H and O–H groups in total. The molecule has 0 unspecified atom stereocenters. The summed E-state index contributed by atoms with van der Waals surface area (Å²) in [4.78, 5) is 63.8. The molecule has 0 saturated heterocycles. The molecule has 0 bridgehead atoms. The lowest BCUT2D eigenvalue weighted by Gasteiger charge is -2.09. The summed E-state index contributed by atoms with van der Waals surface area (Å²) in [7, 11) is 0. The number of rotatable bonds is 11. The van der Waals surface area contributed by atoms with Gasteiger partial charge in [0.15, 0.2) is 46.6 Å². The van der Waals surface area contributed by atoms with Crippen LogP contribution in [0.2, 0.25) is 0 Å². The number of ether oxygens (including phenoxy) is 1. The molecule has 0 radical (unpaired) electrons. The number of aromatic carboxylic acids is 1. The van der Waals surface area contributed by atoms with E-state index in [-0.39, 0.29) is 53.3 Å². The fourth-order valence-corrected chi connectivity index (χ4v) is 6.19. The molecule has 4 heterocycles. The van der Waals surface area contributed by atoms with E-state index >= 15 is 0 Å². The molecule has 332 valence electrons. The van der Waals surface area contributed by atoms with Gasteiger partial charge in [0.2, 0.25) is 0 Å². The second-order valence-electron chi connectivity index (χ2n) is 14.0. The predicted molar refractivity (Wildman–Crippen MR) is 224 cm³/mol. The largest absolute Gasteiger partial charge is 0.478 e. The summed E-state index contributed by atoms with van der Waals surface area (Å²) < 4.78 is 88.0. The average molecular weight is 905 g/mol. The Bertz CT molecular complexity index is 3200. The Morgan fingerprint density at radius 2 is 0.939 bits per heavy atom. The zero-order chi connectivity index (χ0) is 47.1. The van der Waals surface area contributed by atoms with Crippen molar-refractivity contribution in [3.05, 3.63) is 200 Å². The molecule has 4 aromatic carbocycles. The monoisotopic (exact) mass is 904 g/mol. The van der Waals surface area contributed by atoms with Gasteiger partial charge >= 0.3 is 11.9 Å². The van der Waals surface area contributed by atoms with Crippen molar-refractivity contribution in [2.45, 2.75) is 20.0 Å². The molecule has 20 heteroatoms. The van der Waals surface area contributed by atoms with Crippen LogP contribution < -0.4 is 11.1 Å². The van der Waals surface area contributed by atoms with Gasteiger partial charge in [0.1, 0.15) is 0 Å². The first-order valence-electron chi connectivity index (χ1n) is 19.4. The van der Waals surface area contributed by atoms with E-state index in [4.69, 9.17) is 9.84 Å². The number of carboxylic acids is 1. The lowest BCUT2D eigenvalue weighted by molar-refractivity contribution is 0.0524. The average Bonchev–Trinajstić information content (AvgIpc) is 3.31. The van der Waals surface area contributed by atoms with Crippen molar-refractivity contribution in [2.24, 2.45) is 0 Å². The highest BCUT2D eigenvalue weighted by atomic mass is 19.2. The fraction of sp³-hybridized carbons (Fsp3) is 0.0870. The highest BCUT2D eigenvalue weighted by molar-refractivity contribution is 5.89. The third-order valence-electron chi connectivity index (χ3n) is 9.39. The minimum absolute atomic E-state index is 0.00556. The first-order valence-corrected chi connectivity index (χ1v) is 19.4. The SMILES string of the molecule is CCOC(=O)c1cnc(-c2cccc(Cn3nc(-c4cc(F)c(F)c(F)c4)ccc3=O)c2)nc1.O=C(O)c1cnc(-c2cccc(Cn3nc(-c4cc(F)c(F)c(F)c4)ccc3=O)c2)nc1. The number of hydrogen-bond acceptors (Lipinski definition) is 11. The molecule has 0 amide bonds. The van der Waals surface area contributed by atoms with Crippen LogP contribution in [0, 0.1) is 34.9 Å². The highest BCUT2D eigenvalue weighted by Crippen LogP contribution is 2.24. The van der Waals surface area contributed by atoms with E-state index in [2.05, 4.69) is 30.1 Å². The Kier molecular flexibility index (Phi) is 13.6. The molecule has 0 aliphatic rings. The maximum atomic E-state index is 13.6. The van der Waals surface area contributed by atoms with Gasteiger partial charge < -0.3 is 9.84 Å². The van der Waals surface area contributed by atoms with Crippen LogP contribution in [0.25, 0.3) is 45.3 Å². The summed E-state index contributed by atoms with van der Waals surface area (Å²) in [5.74, 6) is -9.59. The van der Waals surface area contributed by atoms with E-state index in [9.17, 15) is 45.5 Å². The van der Waals surface area contributed by atoms with Crippen LogP contribution in [0.4, 0.5) is 26.3 Å². The van der Waals surface area contributed by atoms with E-state index in [0.29, 0.717) is 33.9 Å². The number of halogens is 6. The van der Waals surface area contributed by atoms with Crippen LogP contribution in [0.1, 0.15) is 38.8 Å². The third kappa shape index (κ3) is 10.6. The number of carbonyl (C=O) groups excluding carboxylic acids is 1. The topological polar surface area (TPSA) is 185 Å². The summed E-state index contributed by atoms with van der Waals surface area (Å²) in [5.41, 5.74) is 2.01. The summed E-state index contributed by atoms with van der Waals surface area (Å²) in [6, 6.07) is 22.1. The minimum Gasteiger partial charge on any atom is -0.478 e. The zero-order valence-corrected chi connectivity index (χ0v) is 34.0. The Balaban J connectivity index is 0.000000197. The predicted octanol–water partition coefficient (Wildman–Crippen LogP) is 7.54. The van der Waals surface area contributed by atoms with Crippen molar-refractivity contribution < 1.29 is 45.8 Å². The van der Waals surface area contributed by atoms with Crippen LogP contribution in [0.5, 0.6) is 0 Å². The van der Waals surface area contributed by atoms with Gasteiger partial charge in [0.25, 0.3) is 11.1 Å². The highest BCUT2D eigenvalue weighted by Gasteiger charge is 2.16. The lowest BCUT2D eigenvalue weighted by Crippen LogP contribution is -2.22. The van der Waals surface area contributed by atoms with Gasteiger partial charge in [-0.2, -0.15) is 10.2 Å². The number of carboxylic acid groups (broad SMARTS) is 1. The molecule has 0 aliphatic carbocycles. The van der Waals surface area contributed by atoms with Crippen LogP contribution in [0.3, 0.4) is 0 Å². The van der Waals surface area contributed by atoms with Crippen molar-refractivity contribution in [1.29, 1.82) is 0 Å². The molecule has 8 aromatic rings. The molecule has 0 fully saturated rings. The Morgan fingerprint density at radius 1 is 0.545 bits per heavy atom. The summed E-state index contributed by atoms with van der Waals surface area (Å²) in [5, 5.41) is 17.3. The lowest BCUT2D eigenvalue weighted by atomic mass is 10.1. The van der Waals surface area contributed by atoms with Gasteiger partial charge in [-0.25, -0.2) is 65.2 Å². The van der Waals surface area contributed by atoms with Gasteiger partial charge in [-0.1, -0.05) is 36.4 Å². The fourth-order valence-electron chi connectivity index (χ4n) is 6.19. The quantitative estimate of drug-likeness (QED) is 0.0765. The zero-order valence-electron chi connectivity index (χ0n) is 34.0. The van der Waals surface area contributed by atoms with E-state index in [1.165, 1.54) is 49.1 Å². The number of hydrogen-bond donors (Lipinski definition) is 1. The molecule has 0 atom stereocenters. The van der Waals surface area contributed by atoms with Gasteiger partial charge in [-0.05, 0) is 66.6 Å². The molecule has 14 nitrogen and oxygen atoms in total. The maximum Gasteiger partial charge on any atom is 0.341 e. The minimum atomic E-state index is -1.59. The molecule has 0 saturated carbocycles. The molecule has 66 heavy (non-hydrogen) atoms. The van der Waals surface area contributed by atoms with Gasteiger partial charge in [0.05, 0.1) is 42.2 Å². The van der Waals surface area contributed by atoms with E-state index < -0.39 is 58.0 Å². The van der Waals surface area contributed by atoms with Crippen molar-refractivity contribution >= 4 is 11.9 Å². The van der Waals surface area contributed by atoms with Gasteiger partial charge in [-0.15, -0.1) is 0 Å². The van der Waals surface area contributed by atoms with Gasteiger partial charge in [-0.3, -0.25) is 9.59 Å². The molecule has 8 rings (SSSR count). The van der Waals surface area contributed by atoms with E-state index in [1.54, 1.807) is 55.5 Å². The van der Waals surface area contributed by atoms with Crippen molar-refractivity contribution in [1.82, 2.24) is 39.5 Å². The summed E-state index contributed by atoms with van der Waals surface area (Å²) in [6.07, 6.45) is 5.11. The number of aromatic nitrogens is 8. The second kappa shape index (κ2) is 19.8. The first kappa shape index (κ1) is 45.3. The summed E-state index contributed by atoms with van der Waals surface area (Å²) >= 11 is 0. The molecule has 0 spiro atoms. The molecular weight excluding hydrogens is 875 g/mol. The number of esters is 1. The standard InChI is InChI=1S/C24H17F3N4O3.C22H13F3N4O3/c1-2-34-24(33)17-11-28-23(29-12-17)15-5-3-4-14(8-15)13-31-21(32)7-6-20(30-31)16-9-18(25)22(27)19(26)10-16;23-16-7-14(8-17(24)20(16)25)18-4-5-19(30)29(28-18)11-12-2-1-3-13(6-12)21-26-9-15(10-27-21)22(31)32/h3-12H,2,13H2,1H3;1-10H,11H2,(H,31,32). The smallest absolute Gasteiger partial charge is 0.341 e.